The summed E-state index contributed by atoms with van der Waals surface area (Å²) in [5.41, 5.74) is 4.65. The Kier molecular flexibility index (Phi) is 8.24. The first-order valence-electron chi connectivity index (χ1n) is 13.6. The highest BCUT2D eigenvalue weighted by atomic mass is 16.7. The van der Waals surface area contributed by atoms with Gasteiger partial charge in [0.25, 0.3) is 5.91 Å². The fourth-order valence-electron chi connectivity index (χ4n) is 4.90. The standard InChI is InChI=1S/C32H36N4O4/c1-22(34-28-19-27(38-4)17-24-8-5-15-33-31(24)28)7-6-16-36(20-23-9-12-26(13-10-23)35(2)3)32(37)25-11-14-29-30(18-25)40-21-39-29/h5,8-15,17-19,22,34H,6-7,16,20-21H2,1-4H3. The van der Waals surface area contributed by atoms with Crippen LogP contribution in [0.2, 0.25) is 0 Å². The van der Waals surface area contributed by atoms with E-state index in [1.165, 1.54) is 0 Å². The number of methoxy groups -OCH3 is 1. The van der Waals surface area contributed by atoms with E-state index in [9.17, 15) is 4.79 Å². The summed E-state index contributed by atoms with van der Waals surface area (Å²) in [5.74, 6) is 2.04. The van der Waals surface area contributed by atoms with E-state index >= 15 is 0 Å². The number of carbonyl (C=O) groups is 1. The van der Waals surface area contributed by atoms with Crippen molar-refractivity contribution in [1.82, 2.24) is 9.88 Å². The Morgan fingerprint density at radius 2 is 1.85 bits per heavy atom. The van der Waals surface area contributed by atoms with Crippen LogP contribution in [0.15, 0.2) is 72.9 Å². The molecule has 8 heteroatoms. The topological polar surface area (TPSA) is 76.2 Å². The molecule has 8 nitrogen and oxygen atoms in total. The number of pyridine rings is 1. The summed E-state index contributed by atoms with van der Waals surface area (Å²) < 4.78 is 16.4. The van der Waals surface area contributed by atoms with Crippen molar-refractivity contribution in [3.05, 3.63) is 84.1 Å². The van der Waals surface area contributed by atoms with Crippen molar-refractivity contribution in [3.63, 3.8) is 0 Å². The number of nitrogens with zero attached hydrogens (tertiary/aromatic N) is 3. The van der Waals surface area contributed by atoms with Crippen molar-refractivity contribution in [2.24, 2.45) is 0 Å². The number of ether oxygens (including phenoxy) is 3. The van der Waals surface area contributed by atoms with Crippen molar-refractivity contribution in [3.8, 4) is 17.2 Å². The van der Waals surface area contributed by atoms with Crippen LogP contribution in [-0.2, 0) is 6.54 Å². The number of amides is 1. The van der Waals surface area contributed by atoms with Gasteiger partial charge < -0.3 is 29.3 Å². The Hall–Kier alpha value is -4.46. The molecular formula is C32H36N4O4. The summed E-state index contributed by atoms with van der Waals surface area (Å²) in [4.78, 5) is 22.2. The van der Waals surface area contributed by atoms with Gasteiger partial charge in [0.05, 0.1) is 18.3 Å². The highest BCUT2D eigenvalue weighted by Crippen LogP contribution is 2.33. The molecule has 3 aromatic carbocycles. The predicted molar refractivity (Wildman–Crippen MR) is 159 cm³/mol. The van der Waals surface area contributed by atoms with Crippen LogP contribution in [0.4, 0.5) is 11.4 Å². The molecule has 40 heavy (non-hydrogen) atoms. The highest BCUT2D eigenvalue weighted by molar-refractivity contribution is 5.95. The summed E-state index contributed by atoms with van der Waals surface area (Å²) in [6.45, 7) is 3.47. The fraction of sp³-hybridized carbons (Fsp3) is 0.312. The molecule has 2 heterocycles. The van der Waals surface area contributed by atoms with Crippen LogP contribution in [0.3, 0.4) is 0 Å². The molecule has 1 unspecified atom stereocenters. The van der Waals surface area contributed by atoms with E-state index in [0.717, 1.165) is 46.4 Å². The van der Waals surface area contributed by atoms with Gasteiger partial charge in [-0.05, 0) is 67.8 Å². The molecular weight excluding hydrogens is 504 g/mol. The first-order valence-corrected chi connectivity index (χ1v) is 13.6. The largest absolute Gasteiger partial charge is 0.497 e. The molecule has 0 spiro atoms. The Morgan fingerprint density at radius 3 is 2.62 bits per heavy atom. The number of hydrogen-bond donors (Lipinski definition) is 1. The lowest BCUT2D eigenvalue weighted by Gasteiger charge is -2.25. The Bertz CT molecular complexity index is 1470. The normalized spacial score (nSPS) is 12.7. The molecule has 0 saturated heterocycles. The molecule has 4 aromatic rings. The Labute approximate surface area is 235 Å². The van der Waals surface area contributed by atoms with Gasteiger partial charge in [-0.25, -0.2) is 0 Å². The molecule has 1 N–H and O–H groups in total. The highest BCUT2D eigenvalue weighted by Gasteiger charge is 2.21. The first-order chi connectivity index (χ1) is 19.4. The van der Waals surface area contributed by atoms with Gasteiger partial charge in [-0.15, -0.1) is 0 Å². The van der Waals surface area contributed by atoms with E-state index in [0.29, 0.717) is 30.2 Å². The molecule has 1 aromatic heterocycles. The zero-order valence-corrected chi connectivity index (χ0v) is 23.5. The SMILES string of the molecule is COc1cc(NC(C)CCCN(Cc2ccc(N(C)C)cc2)C(=O)c2ccc3c(c2)OCO3)c2ncccc2c1. The minimum Gasteiger partial charge on any atom is -0.497 e. The van der Waals surface area contributed by atoms with Gasteiger partial charge in [0.2, 0.25) is 6.79 Å². The van der Waals surface area contributed by atoms with E-state index in [1.54, 1.807) is 25.4 Å². The van der Waals surface area contributed by atoms with E-state index < -0.39 is 0 Å². The summed E-state index contributed by atoms with van der Waals surface area (Å²) in [7, 11) is 5.71. The number of carbonyl (C=O) groups excluding carboxylic acids is 1. The Morgan fingerprint density at radius 1 is 1.05 bits per heavy atom. The van der Waals surface area contributed by atoms with Gasteiger partial charge >= 0.3 is 0 Å². The van der Waals surface area contributed by atoms with Gasteiger partial charge in [0.1, 0.15) is 5.75 Å². The summed E-state index contributed by atoms with van der Waals surface area (Å²) in [6, 6.07) is 21.8. The zero-order valence-electron chi connectivity index (χ0n) is 23.5. The van der Waals surface area contributed by atoms with E-state index in [2.05, 4.69) is 46.4 Å². The molecule has 1 amide bonds. The first kappa shape index (κ1) is 27.1. The van der Waals surface area contributed by atoms with Gasteiger partial charge in [-0.2, -0.15) is 0 Å². The molecule has 208 valence electrons. The van der Waals surface area contributed by atoms with Crippen molar-refractivity contribution in [1.29, 1.82) is 0 Å². The summed E-state index contributed by atoms with van der Waals surface area (Å²) >= 11 is 0. The molecule has 1 aliphatic rings. The maximum Gasteiger partial charge on any atom is 0.254 e. The number of fused-ring (bicyclic) bond motifs is 2. The van der Waals surface area contributed by atoms with Crippen molar-refractivity contribution in [2.45, 2.75) is 32.4 Å². The second-order valence-corrected chi connectivity index (χ2v) is 10.3. The summed E-state index contributed by atoms with van der Waals surface area (Å²) in [6.07, 6.45) is 3.50. The number of anilines is 2. The van der Waals surface area contributed by atoms with Crippen LogP contribution in [0.1, 0.15) is 35.7 Å². The van der Waals surface area contributed by atoms with E-state index in [1.807, 2.05) is 49.3 Å². The lowest BCUT2D eigenvalue weighted by atomic mass is 10.1. The predicted octanol–water partition coefficient (Wildman–Crippen LogP) is 5.96. The third kappa shape index (κ3) is 6.22. The average molecular weight is 541 g/mol. The van der Waals surface area contributed by atoms with Crippen molar-refractivity contribution in [2.75, 3.05) is 44.8 Å². The quantitative estimate of drug-likeness (QED) is 0.252. The molecule has 1 atom stereocenters. The molecule has 0 saturated carbocycles. The lowest BCUT2D eigenvalue weighted by molar-refractivity contribution is 0.0739. The van der Waals surface area contributed by atoms with Crippen LogP contribution in [-0.4, -0.2) is 56.4 Å². The van der Waals surface area contributed by atoms with Crippen LogP contribution in [0, 0.1) is 0 Å². The lowest BCUT2D eigenvalue weighted by Crippen LogP contribution is -2.32. The van der Waals surface area contributed by atoms with Crippen molar-refractivity contribution < 1.29 is 19.0 Å². The summed E-state index contributed by atoms with van der Waals surface area (Å²) in [5, 5.41) is 4.63. The number of nitrogens with one attached hydrogen (secondary N) is 1. The molecule has 0 fully saturated rings. The second kappa shape index (κ2) is 12.2. The van der Waals surface area contributed by atoms with Gasteiger partial charge in [-0.1, -0.05) is 18.2 Å². The molecule has 0 radical (unpaired) electrons. The van der Waals surface area contributed by atoms with Crippen LogP contribution < -0.4 is 24.4 Å². The van der Waals surface area contributed by atoms with Crippen molar-refractivity contribution >= 4 is 28.2 Å². The minimum absolute atomic E-state index is 0.0291. The smallest absolute Gasteiger partial charge is 0.254 e. The number of rotatable bonds is 11. The fourth-order valence-corrected chi connectivity index (χ4v) is 4.90. The van der Waals surface area contributed by atoms with Crippen LogP contribution >= 0.6 is 0 Å². The molecule has 5 rings (SSSR count). The van der Waals surface area contributed by atoms with Crippen LogP contribution in [0.5, 0.6) is 17.2 Å². The van der Waals surface area contributed by atoms with Gasteiger partial charge in [0.15, 0.2) is 11.5 Å². The number of aromatic nitrogens is 1. The van der Waals surface area contributed by atoms with E-state index in [-0.39, 0.29) is 18.7 Å². The molecule has 1 aliphatic heterocycles. The van der Waals surface area contributed by atoms with Gasteiger partial charge in [-0.3, -0.25) is 9.78 Å². The third-order valence-corrected chi connectivity index (χ3v) is 7.11. The molecule has 0 bridgehead atoms. The zero-order chi connectivity index (χ0) is 28.1. The number of hydrogen-bond acceptors (Lipinski definition) is 7. The van der Waals surface area contributed by atoms with Crippen LogP contribution in [0.25, 0.3) is 10.9 Å². The maximum absolute atomic E-state index is 13.7. The second-order valence-electron chi connectivity index (χ2n) is 10.3. The van der Waals surface area contributed by atoms with Gasteiger partial charge in [0, 0.05) is 62.1 Å². The minimum atomic E-state index is -0.0291. The maximum atomic E-state index is 13.7. The Balaban J connectivity index is 1.28. The number of benzene rings is 3. The average Bonchev–Trinajstić information content (AvgIpc) is 3.44. The van der Waals surface area contributed by atoms with E-state index in [4.69, 9.17) is 14.2 Å². The monoisotopic (exact) mass is 540 g/mol. The molecule has 0 aliphatic carbocycles. The third-order valence-electron chi connectivity index (χ3n) is 7.11.